The summed E-state index contributed by atoms with van der Waals surface area (Å²) in [5.74, 6) is 2.69. The average Bonchev–Trinajstić information content (AvgIpc) is 3.85. The van der Waals surface area contributed by atoms with E-state index >= 15 is 0 Å². The van der Waals surface area contributed by atoms with Gasteiger partial charge in [0.05, 0.1) is 15.9 Å². The van der Waals surface area contributed by atoms with Crippen LogP contribution in [-0.4, -0.2) is 24.9 Å². The Morgan fingerprint density at radius 3 is 1.55 bits per heavy atom. The maximum atomic E-state index is 5.19. The van der Waals surface area contributed by atoms with Crippen molar-refractivity contribution < 1.29 is 0 Å². The first-order valence-corrected chi connectivity index (χ1v) is 20.0. The lowest BCUT2D eigenvalue weighted by molar-refractivity contribution is 1.07. The standard InChI is InChI=1S/C49H29N5S2/c1-4-13-31(14-5-1)43-45-44(38-19-10-11-21-39(38)56-45)51-46(50-43)34-25-23-30(24-26-34)36-20-12-22-40-42(36)37-28-27-35(29-41(37)55-40)49-53-47(32-15-6-2-7-16-32)52-48(54-49)33-17-8-3-9-18-33/h1-29H. The highest BCUT2D eigenvalue weighted by Gasteiger charge is 2.18. The molecule has 7 aromatic carbocycles. The van der Waals surface area contributed by atoms with E-state index in [1.165, 1.54) is 30.4 Å². The van der Waals surface area contributed by atoms with Crippen molar-refractivity contribution in [2.75, 3.05) is 0 Å². The van der Waals surface area contributed by atoms with Crippen LogP contribution in [0.4, 0.5) is 0 Å². The van der Waals surface area contributed by atoms with Crippen LogP contribution in [0.25, 0.3) is 108 Å². The molecule has 0 bridgehead atoms. The first kappa shape index (κ1) is 32.5. The van der Waals surface area contributed by atoms with E-state index in [0.717, 1.165) is 60.5 Å². The zero-order valence-corrected chi connectivity index (χ0v) is 31.4. The number of hydrogen-bond acceptors (Lipinski definition) is 7. The Morgan fingerprint density at radius 1 is 0.321 bits per heavy atom. The molecule has 0 aliphatic rings. The molecule has 0 aliphatic heterocycles. The second-order valence-electron chi connectivity index (χ2n) is 13.6. The van der Waals surface area contributed by atoms with Gasteiger partial charge in [-0.2, -0.15) is 0 Å². The van der Waals surface area contributed by atoms with E-state index in [4.69, 9.17) is 24.9 Å². The molecule has 4 heterocycles. The summed E-state index contributed by atoms with van der Waals surface area (Å²) in [4.78, 5) is 25.2. The van der Waals surface area contributed by atoms with E-state index in [0.29, 0.717) is 17.5 Å². The molecule has 262 valence electrons. The molecule has 7 heteroatoms. The molecule has 0 saturated carbocycles. The third kappa shape index (κ3) is 5.64. The Morgan fingerprint density at radius 2 is 0.857 bits per heavy atom. The van der Waals surface area contributed by atoms with Crippen molar-refractivity contribution in [1.82, 2.24) is 24.9 Å². The highest BCUT2D eigenvalue weighted by molar-refractivity contribution is 7.26. The highest BCUT2D eigenvalue weighted by Crippen LogP contribution is 2.43. The summed E-state index contributed by atoms with van der Waals surface area (Å²) in [6, 6.07) is 61.0. The predicted molar refractivity (Wildman–Crippen MR) is 234 cm³/mol. The molecular weight excluding hydrogens is 723 g/mol. The zero-order valence-electron chi connectivity index (χ0n) is 29.8. The Hall–Kier alpha value is -6.93. The quantitative estimate of drug-likeness (QED) is 0.169. The molecule has 0 radical (unpaired) electrons. The topological polar surface area (TPSA) is 64.5 Å². The molecule has 0 aliphatic carbocycles. The van der Waals surface area contributed by atoms with Crippen molar-refractivity contribution in [2.24, 2.45) is 0 Å². The normalized spacial score (nSPS) is 11.6. The Labute approximate surface area is 330 Å². The van der Waals surface area contributed by atoms with Gasteiger partial charge in [0.25, 0.3) is 0 Å². The SMILES string of the molecule is c1ccc(-c2nc(-c3ccccc3)nc(-c3ccc4c(c3)sc3cccc(-c5ccc(-c6nc(-c7ccccc7)c7sc8ccccc8c7n6)cc5)c34)n2)cc1. The zero-order chi connectivity index (χ0) is 37.0. The largest absolute Gasteiger partial charge is 0.226 e. The van der Waals surface area contributed by atoms with Gasteiger partial charge in [-0.25, -0.2) is 24.9 Å². The van der Waals surface area contributed by atoms with E-state index < -0.39 is 0 Å². The fraction of sp³-hybridized carbons (Fsp3) is 0. The summed E-state index contributed by atoms with van der Waals surface area (Å²) < 4.78 is 4.74. The van der Waals surface area contributed by atoms with Gasteiger partial charge in [0.15, 0.2) is 23.3 Å². The molecule has 11 aromatic rings. The van der Waals surface area contributed by atoms with E-state index in [1.807, 2.05) is 66.7 Å². The summed E-state index contributed by atoms with van der Waals surface area (Å²) in [5, 5.41) is 3.61. The first-order chi connectivity index (χ1) is 27.7. The fourth-order valence-electron chi connectivity index (χ4n) is 7.45. The van der Waals surface area contributed by atoms with E-state index in [2.05, 4.69) is 109 Å². The summed E-state index contributed by atoms with van der Waals surface area (Å²) in [5.41, 5.74) is 9.24. The fourth-order valence-corrected chi connectivity index (χ4v) is 9.78. The maximum absolute atomic E-state index is 5.19. The minimum absolute atomic E-state index is 0.652. The number of hydrogen-bond donors (Lipinski definition) is 0. The molecule has 0 N–H and O–H groups in total. The van der Waals surface area contributed by atoms with Gasteiger partial charge in [-0.1, -0.05) is 158 Å². The maximum Gasteiger partial charge on any atom is 0.164 e. The summed E-state index contributed by atoms with van der Waals surface area (Å²) in [6.07, 6.45) is 0. The Bertz CT molecular complexity index is 3170. The first-order valence-electron chi connectivity index (χ1n) is 18.4. The lowest BCUT2D eigenvalue weighted by atomic mass is 9.98. The molecule has 4 aromatic heterocycles. The smallest absolute Gasteiger partial charge is 0.164 e. The van der Waals surface area contributed by atoms with Crippen LogP contribution < -0.4 is 0 Å². The van der Waals surface area contributed by atoms with Gasteiger partial charge in [0, 0.05) is 58.1 Å². The lowest BCUT2D eigenvalue weighted by Crippen LogP contribution is -1.99. The van der Waals surface area contributed by atoms with Gasteiger partial charge in [-0.05, 0) is 29.3 Å². The van der Waals surface area contributed by atoms with Gasteiger partial charge >= 0.3 is 0 Å². The van der Waals surface area contributed by atoms with Gasteiger partial charge < -0.3 is 0 Å². The third-order valence-corrected chi connectivity index (χ3v) is 12.5. The molecule has 0 saturated heterocycles. The van der Waals surface area contributed by atoms with E-state index in [9.17, 15) is 0 Å². The second kappa shape index (κ2) is 13.4. The van der Waals surface area contributed by atoms with Crippen LogP contribution in [0.15, 0.2) is 176 Å². The molecule has 0 spiro atoms. The molecule has 0 fully saturated rings. The van der Waals surface area contributed by atoms with Crippen LogP contribution in [0, 0.1) is 0 Å². The predicted octanol–water partition coefficient (Wildman–Crippen LogP) is 13.4. The highest BCUT2D eigenvalue weighted by atomic mass is 32.1. The van der Waals surface area contributed by atoms with Crippen LogP contribution >= 0.6 is 22.7 Å². The van der Waals surface area contributed by atoms with Gasteiger partial charge in [-0.3, -0.25) is 0 Å². The molecular formula is C49H29N5S2. The van der Waals surface area contributed by atoms with Crippen molar-refractivity contribution in [3.63, 3.8) is 0 Å². The molecule has 11 rings (SSSR count). The van der Waals surface area contributed by atoms with Gasteiger partial charge in [-0.15, -0.1) is 22.7 Å². The summed E-state index contributed by atoms with van der Waals surface area (Å²) in [6.45, 7) is 0. The summed E-state index contributed by atoms with van der Waals surface area (Å²) >= 11 is 3.55. The molecule has 0 atom stereocenters. The Kier molecular flexibility index (Phi) is 7.79. The van der Waals surface area contributed by atoms with Crippen molar-refractivity contribution in [3.8, 4) is 67.9 Å². The molecule has 5 nitrogen and oxygen atoms in total. The second-order valence-corrected chi connectivity index (χ2v) is 15.8. The minimum atomic E-state index is 0.652. The van der Waals surface area contributed by atoms with Crippen LogP contribution in [0.3, 0.4) is 0 Å². The monoisotopic (exact) mass is 751 g/mol. The van der Waals surface area contributed by atoms with Crippen LogP contribution in [0.5, 0.6) is 0 Å². The Balaban J connectivity index is 0.994. The van der Waals surface area contributed by atoms with E-state index in [-0.39, 0.29) is 0 Å². The lowest BCUT2D eigenvalue weighted by Gasteiger charge is -2.09. The van der Waals surface area contributed by atoms with Crippen LogP contribution in [-0.2, 0) is 0 Å². The molecule has 56 heavy (non-hydrogen) atoms. The van der Waals surface area contributed by atoms with Crippen LogP contribution in [0.2, 0.25) is 0 Å². The summed E-state index contributed by atoms with van der Waals surface area (Å²) in [7, 11) is 0. The number of benzene rings is 7. The van der Waals surface area contributed by atoms with Crippen molar-refractivity contribution in [2.45, 2.75) is 0 Å². The number of thiophene rings is 2. The number of nitrogens with zero attached hydrogens (tertiary/aromatic N) is 5. The average molecular weight is 752 g/mol. The number of rotatable bonds is 6. The van der Waals surface area contributed by atoms with Gasteiger partial charge in [0.2, 0.25) is 0 Å². The third-order valence-electron chi connectivity index (χ3n) is 10.2. The number of fused-ring (bicyclic) bond motifs is 6. The van der Waals surface area contributed by atoms with E-state index in [1.54, 1.807) is 22.7 Å². The van der Waals surface area contributed by atoms with Crippen molar-refractivity contribution in [1.29, 1.82) is 0 Å². The van der Waals surface area contributed by atoms with Crippen LogP contribution in [0.1, 0.15) is 0 Å². The van der Waals surface area contributed by atoms with Gasteiger partial charge in [0.1, 0.15) is 0 Å². The molecule has 0 amide bonds. The minimum Gasteiger partial charge on any atom is -0.226 e. The van der Waals surface area contributed by atoms with Crippen molar-refractivity contribution >= 4 is 63.1 Å². The number of aromatic nitrogens is 5. The molecule has 0 unspecified atom stereocenters. The van der Waals surface area contributed by atoms with Crippen molar-refractivity contribution in [3.05, 3.63) is 176 Å².